The van der Waals surface area contributed by atoms with Gasteiger partial charge in [0.25, 0.3) is 0 Å². The number of hydrogen-bond donors (Lipinski definition) is 1. The molecule has 0 heterocycles. The quantitative estimate of drug-likeness (QED) is 0.774. The average Bonchev–Trinajstić information content (AvgIpc) is 2.15. The van der Waals surface area contributed by atoms with Crippen LogP contribution in [0.2, 0.25) is 0 Å². The van der Waals surface area contributed by atoms with E-state index in [0.29, 0.717) is 11.5 Å². The molecule has 0 saturated heterocycles. The molecule has 0 rings (SSSR count). The van der Waals surface area contributed by atoms with E-state index in [1.165, 1.54) is 0 Å². The molecule has 0 aliphatic carbocycles. The van der Waals surface area contributed by atoms with E-state index in [9.17, 15) is 5.26 Å². The van der Waals surface area contributed by atoms with Gasteiger partial charge in [-0.05, 0) is 39.3 Å². The van der Waals surface area contributed by atoms with Crippen molar-refractivity contribution in [2.45, 2.75) is 59.5 Å². The predicted molar refractivity (Wildman–Crippen MR) is 73.9 cm³/mol. The van der Waals surface area contributed by atoms with E-state index in [0.717, 1.165) is 19.5 Å². The van der Waals surface area contributed by atoms with Gasteiger partial charge in [-0.2, -0.15) is 5.26 Å². The van der Waals surface area contributed by atoms with Crippen molar-refractivity contribution in [1.29, 1.82) is 5.26 Å². The SMILES string of the molecule is CCNC(C)(C#N)CC(C)N(C)CC(C)(C)C. The summed E-state index contributed by atoms with van der Waals surface area (Å²) in [4.78, 5) is 2.34. The maximum absolute atomic E-state index is 9.25. The van der Waals surface area contributed by atoms with Crippen molar-refractivity contribution < 1.29 is 0 Å². The summed E-state index contributed by atoms with van der Waals surface area (Å²) in [6.07, 6.45) is 0.851. The van der Waals surface area contributed by atoms with Gasteiger partial charge in [0.1, 0.15) is 5.54 Å². The van der Waals surface area contributed by atoms with Gasteiger partial charge in [-0.3, -0.25) is 5.32 Å². The van der Waals surface area contributed by atoms with E-state index < -0.39 is 5.54 Å². The lowest BCUT2D eigenvalue weighted by Gasteiger charge is -2.35. The van der Waals surface area contributed by atoms with Crippen molar-refractivity contribution in [3.63, 3.8) is 0 Å². The summed E-state index contributed by atoms with van der Waals surface area (Å²) in [6, 6.07) is 2.79. The molecule has 2 atom stereocenters. The Kier molecular flexibility index (Phi) is 6.15. The molecule has 100 valence electrons. The third-order valence-corrected chi connectivity index (χ3v) is 2.99. The molecule has 0 bridgehead atoms. The van der Waals surface area contributed by atoms with Crippen LogP contribution in [0.5, 0.6) is 0 Å². The Bertz CT molecular complexity index is 262. The highest BCUT2D eigenvalue weighted by molar-refractivity contribution is 5.05. The summed E-state index contributed by atoms with van der Waals surface area (Å²) in [6.45, 7) is 14.8. The first kappa shape index (κ1) is 16.4. The first-order valence-corrected chi connectivity index (χ1v) is 6.50. The molecule has 2 unspecified atom stereocenters. The monoisotopic (exact) mass is 239 g/mol. The summed E-state index contributed by atoms with van der Waals surface area (Å²) < 4.78 is 0. The molecule has 0 aromatic carbocycles. The van der Waals surface area contributed by atoms with Crippen LogP contribution >= 0.6 is 0 Å². The third-order valence-electron chi connectivity index (χ3n) is 2.99. The highest BCUT2D eigenvalue weighted by Gasteiger charge is 2.28. The number of nitriles is 1. The molecule has 0 aliphatic rings. The van der Waals surface area contributed by atoms with Crippen LogP contribution in [0.3, 0.4) is 0 Å². The molecule has 17 heavy (non-hydrogen) atoms. The largest absolute Gasteiger partial charge is 0.303 e. The maximum Gasteiger partial charge on any atom is 0.105 e. The van der Waals surface area contributed by atoms with Crippen LogP contribution in [0.4, 0.5) is 0 Å². The van der Waals surface area contributed by atoms with E-state index in [1.54, 1.807) is 0 Å². The second-order valence-corrected chi connectivity index (χ2v) is 6.50. The second-order valence-electron chi connectivity index (χ2n) is 6.50. The van der Waals surface area contributed by atoms with Crippen molar-refractivity contribution >= 4 is 0 Å². The molecule has 0 radical (unpaired) electrons. The van der Waals surface area contributed by atoms with E-state index in [4.69, 9.17) is 0 Å². The Labute approximate surface area is 107 Å². The summed E-state index contributed by atoms with van der Waals surface area (Å²) in [5.41, 5.74) is -0.120. The molecule has 0 aliphatic heterocycles. The molecule has 0 aromatic heterocycles. The standard InChI is InChI=1S/C14H29N3/c1-8-16-14(6,10-15)9-12(2)17(7)11-13(3,4)5/h12,16H,8-9,11H2,1-7H3. The van der Waals surface area contributed by atoms with E-state index in [-0.39, 0.29) is 0 Å². The van der Waals surface area contributed by atoms with Crippen molar-refractivity contribution in [3.8, 4) is 6.07 Å². The Balaban J connectivity index is 4.42. The van der Waals surface area contributed by atoms with E-state index in [2.05, 4.69) is 51.0 Å². The van der Waals surface area contributed by atoms with Gasteiger partial charge in [-0.25, -0.2) is 0 Å². The van der Waals surface area contributed by atoms with Gasteiger partial charge < -0.3 is 4.90 Å². The number of nitrogens with one attached hydrogen (secondary N) is 1. The van der Waals surface area contributed by atoms with Crippen LogP contribution < -0.4 is 5.32 Å². The predicted octanol–water partition coefficient (Wildman–Crippen LogP) is 2.63. The zero-order valence-corrected chi connectivity index (χ0v) is 12.6. The minimum atomic E-state index is -0.416. The highest BCUT2D eigenvalue weighted by Crippen LogP contribution is 2.20. The van der Waals surface area contributed by atoms with Crippen LogP contribution in [0.25, 0.3) is 0 Å². The molecule has 3 heteroatoms. The van der Waals surface area contributed by atoms with E-state index in [1.807, 2.05) is 13.8 Å². The summed E-state index contributed by atoms with van der Waals surface area (Å²) in [5, 5.41) is 12.5. The third kappa shape index (κ3) is 6.65. The van der Waals surface area contributed by atoms with Gasteiger partial charge in [0, 0.05) is 12.6 Å². The fraction of sp³-hybridized carbons (Fsp3) is 0.929. The number of nitrogens with zero attached hydrogens (tertiary/aromatic N) is 2. The lowest BCUT2D eigenvalue weighted by Crippen LogP contribution is -2.47. The van der Waals surface area contributed by atoms with Crippen molar-refractivity contribution in [3.05, 3.63) is 0 Å². The number of rotatable bonds is 6. The molecule has 0 saturated carbocycles. The molecular formula is C14H29N3. The van der Waals surface area contributed by atoms with Gasteiger partial charge in [0.15, 0.2) is 0 Å². The van der Waals surface area contributed by atoms with Crippen molar-refractivity contribution in [2.24, 2.45) is 5.41 Å². The number of hydrogen-bond acceptors (Lipinski definition) is 3. The van der Waals surface area contributed by atoms with Crippen molar-refractivity contribution in [2.75, 3.05) is 20.1 Å². The molecular weight excluding hydrogens is 210 g/mol. The van der Waals surface area contributed by atoms with Crippen LogP contribution in [-0.4, -0.2) is 36.6 Å². The van der Waals surface area contributed by atoms with Gasteiger partial charge in [0.05, 0.1) is 6.07 Å². The molecule has 1 N–H and O–H groups in total. The Morgan fingerprint density at radius 2 is 1.82 bits per heavy atom. The molecule has 0 aromatic rings. The second kappa shape index (κ2) is 6.37. The van der Waals surface area contributed by atoms with Gasteiger partial charge in [-0.1, -0.05) is 27.7 Å². The molecule has 0 amide bonds. The fourth-order valence-electron chi connectivity index (χ4n) is 2.20. The summed E-state index contributed by atoms with van der Waals surface area (Å²) in [7, 11) is 2.14. The van der Waals surface area contributed by atoms with Crippen LogP contribution in [0.15, 0.2) is 0 Å². The lowest BCUT2D eigenvalue weighted by atomic mass is 9.91. The Morgan fingerprint density at radius 1 is 1.29 bits per heavy atom. The zero-order chi connectivity index (χ0) is 13.7. The average molecular weight is 239 g/mol. The Hall–Kier alpha value is -0.590. The molecule has 3 nitrogen and oxygen atoms in total. The zero-order valence-electron chi connectivity index (χ0n) is 12.6. The van der Waals surface area contributed by atoms with Crippen molar-refractivity contribution in [1.82, 2.24) is 10.2 Å². The van der Waals surface area contributed by atoms with E-state index >= 15 is 0 Å². The highest BCUT2D eigenvalue weighted by atomic mass is 15.1. The summed E-state index contributed by atoms with van der Waals surface area (Å²) in [5.74, 6) is 0. The maximum atomic E-state index is 9.25. The van der Waals surface area contributed by atoms with Gasteiger partial charge in [0.2, 0.25) is 0 Å². The van der Waals surface area contributed by atoms with Gasteiger partial charge >= 0.3 is 0 Å². The Morgan fingerprint density at radius 3 is 2.18 bits per heavy atom. The molecule has 0 fully saturated rings. The summed E-state index contributed by atoms with van der Waals surface area (Å²) >= 11 is 0. The normalized spacial score (nSPS) is 17.6. The minimum absolute atomic E-state index is 0.296. The first-order valence-electron chi connectivity index (χ1n) is 6.50. The van der Waals surface area contributed by atoms with Crippen LogP contribution in [0.1, 0.15) is 48.0 Å². The molecule has 0 spiro atoms. The van der Waals surface area contributed by atoms with Crippen LogP contribution in [0, 0.1) is 16.7 Å². The van der Waals surface area contributed by atoms with Crippen LogP contribution in [-0.2, 0) is 0 Å². The lowest BCUT2D eigenvalue weighted by molar-refractivity contribution is 0.158. The minimum Gasteiger partial charge on any atom is -0.303 e. The first-order chi connectivity index (χ1) is 7.63. The fourth-order valence-corrected chi connectivity index (χ4v) is 2.20. The topological polar surface area (TPSA) is 39.1 Å². The smallest absolute Gasteiger partial charge is 0.105 e. The van der Waals surface area contributed by atoms with Gasteiger partial charge in [-0.15, -0.1) is 0 Å².